The van der Waals surface area contributed by atoms with Crippen molar-refractivity contribution in [1.29, 1.82) is 0 Å². The van der Waals surface area contributed by atoms with E-state index in [-0.39, 0.29) is 5.79 Å². The molecule has 0 amide bonds. The Hall–Kier alpha value is -0.900. The van der Waals surface area contributed by atoms with Gasteiger partial charge in [0.2, 0.25) is 0 Å². The van der Waals surface area contributed by atoms with E-state index in [0.717, 1.165) is 38.9 Å². The van der Waals surface area contributed by atoms with E-state index in [0.29, 0.717) is 12.0 Å². The lowest BCUT2D eigenvalue weighted by atomic mass is 9.78. The van der Waals surface area contributed by atoms with Gasteiger partial charge in [0.05, 0.1) is 13.2 Å². The first-order valence-electron chi connectivity index (χ1n) is 8.67. The molecule has 3 heteroatoms. The van der Waals surface area contributed by atoms with E-state index < -0.39 is 0 Å². The topological polar surface area (TPSA) is 21.7 Å². The normalized spacial score (nSPS) is 30.6. The lowest BCUT2D eigenvalue weighted by Crippen LogP contribution is -2.48. The van der Waals surface area contributed by atoms with E-state index in [1.165, 1.54) is 17.5 Å². The van der Waals surface area contributed by atoms with Crippen LogP contribution in [0.3, 0.4) is 0 Å². The molecule has 2 aliphatic heterocycles. The molecule has 0 N–H and O–H groups in total. The average molecular weight is 303 g/mol. The average Bonchev–Trinajstić information content (AvgIpc) is 2.55. The van der Waals surface area contributed by atoms with Gasteiger partial charge in [-0.1, -0.05) is 24.3 Å². The molecule has 0 aromatic heterocycles. The van der Waals surface area contributed by atoms with Crippen molar-refractivity contribution in [3.8, 4) is 0 Å². The maximum Gasteiger partial charge on any atom is 0.175 e. The smallest absolute Gasteiger partial charge is 0.175 e. The van der Waals surface area contributed by atoms with Crippen molar-refractivity contribution in [1.82, 2.24) is 4.90 Å². The fourth-order valence-corrected chi connectivity index (χ4v) is 3.91. The molecule has 0 radical (unpaired) electrons. The summed E-state index contributed by atoms with van der Waals surface area (Å²) < 4.78 is 12.5. The summed E-state index contributed by atoms with van der Waals surface area (Å²) in [7, 11) is 4.29. The minimum atomic E-state index is -0.376. The van der Waals surface area contributed by atoms with Crippen LogP contribution in [0.2, 0.25) is 0 Å². The molecule has 3 atom stereocenters. The summed E-state index contributed by atoms with van der Waals surface area (Å²) >= 11 is 0. The molecular weight excluding hydrogens is 274 g/mol. The highest BCUT2D eigenvalue weighted by Crippen LogP contribution is 2.46. The van der Waals surface area contributed by atoms with Gasteiger partial charge in [-0.2, -0.15) is 0 Å². The molecule has 1 spiro atoms. The molecule has 0 aliphatic carbocycles. The first-order valence-corrected chi connectivity index (χ1v) is 8.67. The third-order valence-corrected chi connectivity index (χ3v) is 5.38. The molecule has 2 heterocycles. The maximum atomic E-state index is 6.23. The second kappa shape index (κ2) is 6.69. The summed E-state index contributed by atoms with van der Waals surface area (Å²) in [5, 5.41) is 0. The SMILES string of the molecule is CC(c1ccccc1[C@H]1CCCOC12CCCCO2)N(C)C. The van der Waals surface area contributed by atoms with Crippen molar-refractivity contribution in [3.63, 3.8) is 0 Å². The summed E-state index contributed by atoms with van der Waals surface area (Å²) in [6.07, 6.45) is 5.69. The molecule has 2 saturated heterocycles. The second-order valence-corrected chi connectivity index (χ2v) is 6.93. The third kappa shape index (κ3) is 2.94. The van der Waals surface area contributed by atoms with Crippen molar-refractivity contribution in [2.24, 2.45) is 0 Å². The van der Waals surface area contributed by atoms with Crippen molar-refractivity contribution in [2.45, 2.75) is 56.8 Å². The van der Waals surface area contributed by atoms with Gasteiger partial charge in [-0.15, -0.1) is 0 Å². The molecule has 3 rings (SSSR count). The molecule has 122 valence electrons. The fourth-order valence-electron chi connectivity index (χ4n) is 3.91. The number of nitrogens with zero attached hydrogens (tertiary/aromatic N) is 1. The highest BCUT2D eigenvalue weighted by molar-refractivity contribution is 5.34. The summed E-state index contributed by atoms with van der Waals surface area (Å²) in [5.41, 5.74) is 2.84. The fraction of sp³-hybridized carbons (Fsp3) is 0.684. The Labute approximate surface area is 134 Å². The van der Waals surface area contributed by atoms with Crippen molar-refractivity contribution >= 4 is 0 Å². The Morgan fingerprint density at radius 1 is 1.09 bits per heavy atom. The number of benzene rings is 1. The standard InChI is InChI=1S/C19H29NO2/c1-15(20(2)3)16-9-4-5-10-17(16)18-11-8-14-22-19(18)12-6-7-13-21-19/h4-5,9-10,15,18H,6-8,11-14H2,1-3H3/t15?,18-,19?/m1/s1. The molecule has 0 bridgehead atoms. The Kier molecular flexibility index (Phi) is 4.86. The zero-order valence-corrected chi connectivity index (χ0v) is 14.2. The monoisotopic (exact) mass is 303 g/mol. The Morgan fingerprint density at radius 3 is 2.55 bits per heavy atom. The number of hydrogen-bond acceptors (Lipinski definition) is 3. The molecular formula is C19H29NO2. The lowest BCUT2D eigenvalue weighted by Gasteiger charge is -2.47. The Bertz CT molecular complexity index is 486. The van der Waals surface area contributed by atoms with E-state index in [4.69, 9.17) is 9.47 Å². The Balaban J connectivity index is 1.97. The van der Waals surface area contributed by atoms with Crippen LogP contribution in [-0.2, 0) is 9.47 Å². The van der Waals surface area contributed by atoms with Gasteiger partial charge < -0.3 is 14.4 Å². The van der Waals surface area contributed by atoms with E-state index >= 15 is 0 Å². The molecule has 1 aromatic rings. The first kappa shape index (κ1) is 16.0. The molecule has 2 fully saturated rings. The van der Waals surface area contributed by atoms with Crippen LogP contribution in [0.25, 0.3) is 0 Å². The van der Waals surface area contributed by atoms with Crippen molar-refractivity contribution in [3.05, 3.63) is 35.4 Å². The predicted octanol–water partition coefficient (Wildman–Crippen LogP) is 4.10. The van der Waals surface area contributed by atoms with Crippen molar-refractivity contribution in [2.75, 3.05) is 27.3 Å². The van der Waals surface area contributed by atoms with Gasteiger partial charge >= 0.3 is 0 Å². The van der Waals surface area contributed by atoms with Crippen LogP contribution in [0, 0.1) is 0 Å². The minimum absolute atomic E-state index is 0.361. The quantitative estimate of drug-likeness (QED) is 0.839. The van der Waals surface area contributed by atoms with Crippen LogP contribution in [-0.4, -0.2) is 38.0 Å². The van der Waals surface area contributed by atoms with Gasteiger partial charge in [0.25, 0.3) is 0 Å². The number of ether oxygens (including phenoxy) is 2. The Morgan fingerprint density at radius 2 is 1.82 bits per heavy atom. The van der Waals surface area contributed by atoms with E-state index in [2.05, 4.69) is 50.2 Å². The van der Waals surface area contributed by atoms with Crippen LogP contribution in [0.5, 0.6) is 0 Å². The van der Waals surface area contributed by atoms with Crippen LogP contribution in [0.1, 0.15) is 62.1 Å². The minimum Gasteiger partial charge on any atom is -0.349 e. The molecule has 3 nitrogen and oxygen atoms in total. The number of rotatable bonds is 3. The second-order valence-electron chi connectivity index (χ2n) is 6.93. The van der Waals surface area contributed by atoms with Crippen molar-refractivity contribution < 1.29 is 9.47 Å². The van der Waals surface area contributed by atoms with Crippen LogP contribution < -0.4 is 0 Å². The first-order chi connectivity index (χ1) is 10.6. The largest absolute Gasteiger partial charge is 0.349 e. The summed E-state index contributed by atoms with van der Waals surface area (Å²) in [5.74, 6) is -0.0151. The zero-order valence-electron chi connectivity index (χ0n) is 14.2. The van der Waals surface area contributed by atoms with Crippen LogP contribution in [0.15, 0.2) is 24.3 Å². The van der Waals surface area contributed by atoms with Gasteiger partial charge in [-0.3, -0.25) is 0 Å². The van der Waals surface area contributed by atoms with Gasteiger partial charge in [-0.25, -0.2) is 0 Å². The highest BCUT2D eigenvalue weighted by Gasteiger charge is 2.46. The van der Waals surface area contributed by atoms with Gasteiger partial charge in [0.15, 0.2) is 5.79 Å². The summed E-state index contributed by atoms with van der Waals surface area (Å²) in [4.78, 5) is 2.27. The zero-order chi connectivity index (χ0) is 15.6. The molecule has 1 aromatic carbocycles. The van der Waals surface area contributed by atoms with E-state index in [1.54, 1.807) is 0 Å². The van der Waals surface area contributed by atoms with Crippen LogP contribution in [0.4, 0.5) is 0 Å². The van der Waals surface area contributed by atoms with E-state index in [9.17, 15) is 0 Å². The molecule has 2 aliphatic rings. The summed E-state index contributed by atoms with van der Waals surface area (Å²) in [6.45, 7) is 3.95. The van der Waals surface area contributed by atoms with Gasteiger partial charge in [0, 0.05) is 18.4 Å². The molecule has 22 heavy (non-hydrogen) atoms. The number of hydrogen-bond donors (Lipinski definition) is 0. The van der Waals surface area contributed by atoms with Crippen LogP contribution >= 0.6 is 0 Å². The predicted molar refractivity (Wildman–Crippen MR) is 89.0 cm³/mol. The molecule has 0 saturated carbocycles. The lowest BCUT2D eigenvalue weighted by molar-refractivity contribution is -0.283. The van der Waals surface area contributed by atoms with Gasteiger partial charge in [-0.05, 0) is 57.8 Å². The maximum absolute atomic E-state index is 6.23. The highest BCUT2D eigenvalue weighted by atomic mass is 16.7. The third-order valence-electron chi connectivity index (χ3n) is 5.38. The molecule has 2 unspecified atom stereocenters. The van der Waals surface area contributed by atoms with E-state index in [1.807, 2.05) is 0 Å². The summed E-state index contributed by atoms with van der Waals surface area (Å²) in [6, 6.07) is 9.27. The van der Waals surface area contributed by atoms with Gasteiger partial charge in [0.1, 0.15) is 0 Å².